The van der Waals surface area contributed by atoms with Crippen LogP contribution in [0, 0.1) is 0 Å². The Morgan fingerprint density at radius 1 is 0.957 bits per heavy atom. The third-order valence-electron chi connectivity index (χ3n) is 5.01. The van der Waals surface area contributed by atoms with Crippen molar-refractivity contribution in [2.24, 2.45) is 0 Å². The summed E-state index contributed by atoms with van der Waals surface area (Å²) in [7, 11) is 0. The molecule has 1 aromatic carbocycles. The average Bonchev–Trinajstić information content (AvgIpc) is 3.28. The highest BCUT2D eigenvalue weighted by Crippen LogP contribution is 2.23. The quantitative estimate of drug-likeness (QED) is 0.941. The molecule has 1 aromatic heterocycles. The zero-order chi connectivity index (χ0) is 15.5. The summed E-state index contributed by atoms with van der Waals surface area (Å²) in [5.41, 5.74) is 2.15. The normalized spacial score (nSPS) is 21.9. The molecule has 2 aliphatic rings. The molecule has 4 rings (SSSR count). The van der Waals surface area contributed by atoms with Crippen molar-refractivity contribution < 1.29 is 0 Å². The fourth-order valence-electron chi connectivity index (χ4n) is 3.77. The first-order valence-electron chi connectivity index (χ1n) is 8.78. The fraction of sp³-hybridized carbons (Fsp3) is 0.474. The van der Waals surface area contributed by atoms with Crippen LogP contribution in [0.5, 0.6) is 0 Å². The lowest BCUT2D eigenvalue weighted by molar-refractivity contribution is 0.451. The Hall–Kier alpha value is -1.94. The van der Waals surface area contributed by atoms with Crippen LogP contribution in [0.4, 0.5) is 5.95 Å². The van der Waals surface area contributed by atoms with Crippen LogP contribution in [-0.4, -0.2) is 35.1 Å². The fourth-order valence-corrected chi connectivity index (χ4v) is 3.77. The number of hydrogen-bond donors (Lipinski definition) is 1. The first-order valence-corrected chi connectivity index (χ1v) is 8.78. The van der Waals surface area contributed by atoms with Gasteiger partial charge in [0, 0.05) is 36.9 Å². The van der Waals surface area contributed by atoms with Gasteiger partial charge in [0.2, 0.25) is 5.95 Å². The Labute approximate surface area is 138 Å². The van der Waals surface area contributed by atoms with Crippen molar-refractivity contribution >= 4 is 5.95 Å². The molecule has 120 valence electrons. The standard InChI is InChI=1S/C19H24N4/c1-2-6-15(7-3-1)18-10-12-20-19(22-18)23-13-11-17(14-23)21-16-8-4-5-9-16/h1-3,6-7,10,12,16-17,21H,4-5,8-9,11,13-14H2. The summed E-state index contributed by atoms with van der Waals surface area (Å²) in [5, 5.41) is 3.83. The number of rotatable bonds is 4. The first kappa shape index (κ1) is 14.6. The Morgan fingerprint density at radius 2 is 1.78 bits per heavy atom. The molecule has 4 heteroatoms. The Bertz CT molecular complexity index is 637. The van der Waals surface area contributed by atoms with Crippen LogP contribution < -0.4 is 10.2 Å². The second-order valence-electron chi connectivity index (χ2n) is 6.69. The molecule has 2 heterocycles. The molecule has 1 unspecified atom stereocenters. The zero-order valence-electron chi connectivity index (χ0n) is 13.5. The van der Waals surface area contributed by atoms with Gasteiger partial charge in [-0.2, -0.15) is 0 Å². The Morgan fingerprint density at radius 3 is 2.61 bits per heavy atom. The Kier molecular flexibility index (Phi) is 4.24. The number of nitrogens with one attached hydrogen (secondary N) is 1. The number of benzene rings is 1. The summed E-state index contributed by atoms with van der Waals surface area (Å²) in [6.07, 6.45) is 8.53. The Balaban J connectivity index is 1.44. The summed E-state index contributed by atoms with van der Waals surface area (Å²) in [6, 6.07) is 13.6. The van der Waals surface area contributed by atoms with Crippen molar-refractivity contribution in [2.45, 2.75) is 44.2 Å². The highest BCUT2D eigenvalue weighted by atomic mass is 15.3. The van der Waals surface area contributed by atoms with E-state index in [-0.39, 0.29) is 0 Å². The van der Waals surface area contributed by atoms with Gasteiger partial charge in [0.15, 0.2) is 0 Å². The van der Waals surface area contributed by atoms with Gasteiger partial charge >= 0.3 is 0 Å². The molecule has 0 bridgehead atoms. The van der Waals surface area contributed by atoms with Crippen molar-refractivity contribution in [1.29, 1.82) is 0 Å². The van der Waals surface area contributed by atoms with Crippen molar-refractivity contribution in [1.82, 2.24) is 15.3 Å². The van der Waals surface area contributed by atoms with E-state index in [2.05, 4.69) is 39.5 Å². The van der Waals surface area contributed by atoms with Crippen LogP contribution in [0.3, 0.4) is 0 Å². The molecule has 1 aliphatic carbocycles. The van der Waals surface area contributed by atoms with E-state index in [0.29, 0.717) is 6.04 Å². The van der Waals surface area contributed by atoms with E-state index in [9.17, 15) is 0 Å². The van der Waals surface area contributed by atoms with Crippen LogP contribution in [0.1, 0.15) is 32.1 Å². The van der Waals surface area contributed by atoms with Gasteiger partial charge < -0.3 is 10.2 Å². The highest BCUT2D eigenvalue weighted by molar-refractivity contribution is 5.59. The molecule has 0 radical (unpaired) electrons. The smallest absolute Gasteiger partial charge is 0.225 e. The number of nitrogens with zero attached hydrogens (tertiary/aromatic N) is 3. The van der Waals surface area contributed by atoms with Crippen molar-refractivity contribution in [3.63, 3.8) is 0 Å². The van der Waals surface area contributed by atoms with Gasteiger partial charge in [-0.25, -0.2) is 9.97 Å². The monoisotopic (exact) mass is 308 g/mol. The zero-order valence-corrected chi connectivity index (χ0v) is 13.5. The predicted molar refractivity (Wildman–Crippen MR) is 93.5 cm³/mol. The average molecular weight is 308 g/mol. The van der Waals surface area contributed by atoms with Gasteiger partial charge in [-0.3, -0.25) is 0 Å². The largest absolute Gasteiger partial charge is 0.339 e. The summed E-state index contributed by atoms with van der Waals surface area (Å²) in [6.45, 7) is 2.07. The third-order valence-corrected chi connectivity index (χ3v) is 5.01. The lowest BCUT2D eigenvalue weighted by Crippen LogP contribution is -2.38. The first-order chi connectivity index (χ1) is 11.4. The SMILES string of the molecule is c1ccc(-c2ccnc(N3CCC(NC4CCCC4)C3)n2)cc1. The van der Waals surface area contributed by atoms with Crippen molar-refractivity contribution in [3.05, 3.63) is 42.6 Å². The van der Waals surface area contributed by atoms with Crippen LogP contribution in [0.2, 0.25) is 0 Å². The molecule has 1 N–H and O–H groups in total. The second kappa shape index (κ2) is 6.67. The van der Waals surface area contributed by atoms with E-state index < -0.39 is 0 Å². The van der Waals surface area contributed by atoms with E-state index in [1.54, 1.807) is 0 Å². The molecule has 4 nitrogen and oxygen atoms in total. The molecule has 1 saturated heterocycles. The van der Waals surface area contributed by atoms with Crippen molar-refractivity contribution in [3.8, 4) is 11.3 Å². The minimum atomic E-state index is 0.585. The highest BCUT2D eigenvalue weighted by Gasteiger charge is 2.27. The maximum absolute atomic E-state index is 4.78. The summed E-state index contributed by atoms with van der Waals surface area (Å²) in [4.78, 5) is 11.6. The third kappa shape index (κ3) is 3.37. The van der Waals surface area contributed by atoms with Gasteiger partial charge in [-0.1, -0.05) is 43.2 Å². The lowest BCUT2D eigenvalue weighted by Gasteiger charge is -2.20. The molecule has 1 saturated carbocycles. The second-order valence-corrected chi connectivity index (χ2v) is 6.69. The van der Waals surface area contributed by atoms with Crippen LogP contribution in [-0.2, 0) is 0 Å². The summed E-state index contributed by atoms with van der Waals surface area (Å²) < 4.78 is 0. The topological polar surface area (TPSA) is 41.1 Å². The van der Waals surface area contributed by atoms with Crippen LogP contribution >= 0.6 is 0 Å². The van der Waals surface area contributed by atoms with E-state index in [1.165, 1.54) is 32.1 Å². The van der Waals surface area contributed by atoms with E-state index in [0.717, 1.165) is 36.3 Å². The van der Waals surface area contributed by atoms with E-state index in [1.807, 2.05) is 18.3 Å². The molecule has 1 atom stereocenters. The molecule has 23 heavy (non-hydrogen) atoms. The summed E-state index contributed by atoms with van der Waals surface area (Å²) >= 11 is 0. The minimum absolute atomic E-state index is 0.585. The molecular weight excluding hydrogens is 284 g/mol. The summed E-state index contributed by atoms with van der Waals surface area (Å²) in [5.74, 6) is 0.863. The maximum Gasteiger partial charge on any atom is 0.225 e. The molecule has 2 fully saturated rings. The minimum Gasteiger partial charge on any atom is -0.339 e. The molecule has 0 spiro atoms. The van der Waals surface area contributed by atoms with Gasteiger partial charge in [-0.05, 0) is 25.3 Å². The van der Waals surface area contributed by atoms with Crippen molar-refractivity contribution in [2.75, 3.05) is 18.0 Å². The molecule has 1 aliphatic heterocycles. The number of anilines is 1. The number of hydrogen-bond acceptors (Lipinski definition) is 4. The van der Waals surface area contributed by atoms with Gasteiger partial charge in [0.25, 0.3) is 0 Å². The van der Waals surface area contributed by atoms with E-state index >= 15 is 0 Å². The lowest BCUT2D eigenvalue weighted by atomic mass is 10.1. The number of aromatic nitrogens is 2. The predicted octanol–water partition coefficient (Wildman–Crippen LogP) is 3.25. The molecule has 0 amide bonds. The maximum atomic E-state index is 4.78. The van der Waals surface area contributed by atoms with Crippen LogP contribution in [0.25, 0.3) is 11.3 Å². The molecular formula is C19H24N4. The molecule has 2 aromatic rings. The van der Waals surface area contributed by atoms with E-state index in [4.69, 9.17) is 4.98 Å². The van der Waals surface area contributed by atoms with Gasteiger partial charge in [-0.15, -0.1) is 0 Å². The van der Waals surface area contributed by atoms with Gasteiger partial charge in [0.05, 0.1) is 5.69 Å². The van der Waals surface area contributed by atoms with Crippen LogP contribution in [0.15, 0.2) is 42.6 Å². The van der Waals surface area contributed by atoms with Gasteiger partial charge in [0.1, 0.15) is 0 Å².